The first-order chi connectivity index (χ1) is 15.4. The van der Waals surface area contributed by atoms with Crippen LogP contribution in [0.15, 0.2) is 41.5 Å². The Morgan fingerprint density at radius 3 is 2.76 bits per heavy atom. The highest BCUT2D eigenvalue weighted by atomic mass is 19.1. The Hall–Kier alpha value is -3.36. The van der Waals surface area contributed by atoms with Crippen LogP contribution in [0.5, 0.6) is 5.75 Å². The number of amidine groups is 1. The zero-order valence-electron chi connectivity index (χ0n) is 17.5. The van der Waals surface area contributed by atoms with E-state index in [0.717, 1.165) is 19.0 Å². The monoisotopic (exact) mass is 459 g/mol. The van der Waals surface area contributed by atoms with Gasteiger partial charge in [-0.15, -0.1) is 0 Å². The number of nitrogens with zero attached hydrogens (tertiary/aromatic N) is 2. The van der Waals surface area contributed by atoms with Crippen molar-refractivity contribution in [3.05, 3.63) is 59.4 Å². The van der Waals surface area contributed by atoms with Gasteiger partial charge in [-0.2, -0.15) is 0 Å². The molecule has 9 heteroatoms. The Morgan fingerprint density at radius 1 is 1.36 bits per heavy atom. The molecule has 2 aliphatic heterocycles. The molecule has 4 atom stereocenters. The number of fused-ring (bicyclic) bond motifs is 3. The van der Waals surface area contributed by atoms with Crippen molar-refractivity contribution in [2.75, 3.05) is 7.11 Å². The highest BCUT2D eigenvalue weighted by Crippen LogP contribution is 2.65. The normalized spacial score (nSPS) is 29.3. The SMILES string of the molecule is C.CCC1CCC12Oc1ccccc1C21N=C(c2ncc(F)cc2F)NC(=O)C1C(=O)OC.[HH]. The number of rotatable bonds is 3. The Balaban J connectivity index is 0.00000162. The summed E-state index contributed by atoms with van der Waals surface area (Å²) in [5.74, 6) is -4.29. The molecule has 1 aliphatic carbocycles. The van der Waals surface area contributed by atoms with Crippen molar-refractivity contribution in [2.24, 2.45) is 16.8 Å². The van der Waals surface area contributed by atoms with Gasteiger partial charge < -0.3 is 14.8 Å². The fourth-order valence-electron chi connectivity index (χ4n) is 5.45. The highest BCUT2D eigenvalue weighted by Gasteiger charge is 2.74. The lowest BCUT2D eigenvalue weighted by atomic mass is 9.53. The number of aromatic nitrogens is 1. The summed E-state index contributed by atoms with van der Waals surface area (Å²) < 4.78 is 39.6. The van der Waals surface area contributed by atoms with Crippen LogP contribution in [0.3, 0.4) is 0 Å². The zero-order valence-corrected chi connectivity index (χ0v) is 17.5. The smallest absolute Gasteiger partial charge is 0.321 e. The van der Waals surface area contributed by atoms with Crippen LogP contribution in [-0.2, 0) is 19.9 Å². The van der Waals surface area contributed by atoms with Crippen molar-refractivity contribution in [1.82, 2.24) is 10.3 Å². The van der Waals surface area contributed by atoms with Gasteiger partial charge in [0.1, 0.15) is 22.9 Å². The van der Waals surface area contributed by atoms with Crippen LogP contribution in [0.2, 0.25) is 0 Å². The van der Waals surface area contributed by atoms with Crippen LogP contribution < -0.4 is 10.1 Å². The molecule has 0 saturated heterocycles. The Morgan fingerprint density at radius 2 is 2.12 bits per heavy atom. The maximum Gasteiger partial charge on any atom is 0.321 e. The van der Waals surface area contributed by atoms with Gasteiger partial charge in [0.2, 0.25) is 5.91 Å². The molecule has 1 N–H and O–H groups in total. The van der Waals surface area contributed by atoms with Crippen molar-refractivity contribution in [3.8, 4) is 5.75 Å². The summed E-state index contributed by atoms with van der Waals surface area (Å²) in [6.45, 7) is 2.01. The van der Waals surface area contributed by atoms with Crippen molar-refractivity contribution < 1.29 is 29.3 Å². The third-order valence-electron chi connectivity index (χ3n) is 6.93. The number of carbonyl (C=O) groups is 2. The number of methoxy groups -OCH3 is 1. The summed E-state index contributed by atoms with van der Waals surface area (Å²) in [5, 5.41) is 2.49. The molecule has 1 saturated carbocycles. The van der Waals surface area contributed by atoms with E-state index < -0.39 is 40.6 Å². The number of pyridine rings is 1. The van der Waals surface area contributed by atoms with Crippen LogP contribution in [0.1, 0.15) is 46.3 Å². The largest absolute Gasteiger partial charge is 0.484 e. The first-order valence-corrected chi connectivity index (χ1v) is 10.5. The number of nitrogens with one attached hydrogen (secondary N) is 1. The van der Waals surface area contributed by atoms with E-state index in [4.69, 9.17) is 14.5 Å². The maximum atomic E-state index is 14.6. The van der Waals surface area contributed by atoms with Gasteiger partial charge in [0.05, 0.1) is 13.3 Å². The lowest BCUT2D eigenvalue weighted by molar-refractivity contribution is -0.170. The zero-order chi connectivity index (χ0) is 22.7. The third kappa shape index (κ3) is 2.91. The average Bonchev–Trinajstić information content (AvgIpc) is 3.05. The molecule has 3 heterocycles. The van der Waals surface area contributed by atoms with Crippen molar-refractivity contribution in [1.29, 1.82) is 0 Å². The van der Waals surface area contributed by atoms with E-state index in [0.29, 0.717) is 23.8 Å². The van der Waals surface area contributed by atoms with Gasteiger partial charge in [0, 0.05) is 19.0 Å². The second-order valence-corrected chi connectivity index (χ2v) is 8.29. The fourth-order valence-corrected chi connectivity index (χ4v) is 5.45. The number of hydrogen-bond acceptors (Lipinski definition) is 6. The van der Waals surface area contributed by atoms with Gasteiger partial charge in [-0.05, 0) is 25.3 Å². The van der Waals surface area contributed by atoms with Gasteiger partial charge in [-0.3, -0.25) is 9.59 Å². The highest BCUT2D eigenvalue weighted by molar-refractivity contribution is 6.15. The number of benzene rings is 1. The molecule has 5 rings (SSSR count). The van der Waals surface area contributed by atoms with E-state index in [1.807, 2.05) is 6.92 Å². The molecule has 4 unspecified atom stereocenters. The fraction of sp³-hybridized carbons (Fsp3) is 0.417. The molecule has 7 nitrogen and oxygen atoms in total. The van der Waals surface area contributed by atoms with Crippen LogP contribution in [0.25, 0.3) is 0 Å². The van der Waals surface area contributed by atoms with Crippen molar-refractivity contribution in [3.63, 3.8) is 0 Å². The molecular weight excluding hydrogens is 432 g/mol. The lowest BCUT2D eigenvalue weighted by Gasteiger charge is -2.56. The second kappa shape index (κ2) is 7.90. The summed E-state index contributed by atoms with van der Waals surface area (Å²) >= 11 is 0. The molecule has 3 aliphatic rings. The number of esters is 1. The number of halogens is 2. The van der Waals surface area contributed by atoms with E-state index in [1.54, 1.807) is 24.3 Å². The molecule has 1 fully saturated rings. The van der Waals surface area contributed by atoms with Crippen LogP contribution >= 0.6 is 0 Å². The predicted octanol–water partition coefficient (Wildman–Crippen LogP) is 3.75. The molecule has 1 aromatic heterocycles. The Kier molecular flexibility index (Phi) is 5.46. The number of ether oxygens (including phenoxy) is 2. The summed E-state index contributed by atoms with van der Waals surface area (Å²) in [5.41, 5.74) is -2.21. The van der Waals surface area contributed by atoms with E-state index in [9.17, 15) is 18.4 Å². The van der Waals surface area contributed by atoms with Gasteiger partial charge >= 0.3 is 5.97 Å². The third-order valence-corrected chi connectivity index (χ3v) is 6.93. The summed E-state index contributed by atoms with van der Waals surface area (Å²) in [7, 11) is 1.20. The van der Waals surface area contributed by atoms with E-state index in [2.05, 4.69) is 10.3 Å². The molecule has 2 aromatic rings. The lowest BCUT2D eigenvalue weighted by Crippen LogP contribution is -2.70. The summed E-state index contributed by atoms with van der Waals surface area (Å²) in [6.07, 6.45) is 2.96. The molecule has 176 valence electrons. The Labute approximate surface area is 191 Å². The summed E-state index contributed by atoms with van der Waals surface area (Å²) in [6, 6.07) is 7.77. The maximum absolute atomic E-state index is 14.6. The van der Waals surface area contributed by atoms with Gasteiger partial charge in [-0.25, -0.2) is 18.8 Å². The molecular formula is C24H27F2N3O4. The number of aliphatic imine (C=N–C) groups is 1. The standard InChI is InChI=1S/C23H21F2N3O4.CH4.H2/c1-3-12-8-9-22(12)23(14-6-4-5-7-16(14)32-22)17(21(30)31-2)20(29)27-19(28-23)18-15(25)10-13(24)11-26-18;;/h4-7,10-12,17H,3,8-9H2,1-2H3,(H,27,28,29);1H4;1H. The van der Waals surface area contributed by atoms with Gasteiger partial charge in [0.25, 0.3) is 0 Å². The van der Waals surface area contributed by atoms with E-state index >= 15 is 0 Å². The summed E-state index contributed by atoms with van der Waals surface area (Å²) in [4.78, 5) is 35.0. The van der Waals surface area contributed by atoms with Crippen molar-refractivity contribution in [2.45, 2.75) is 44.8 Å². The number of amides is 1. The minimum Gasteiger partial charge on any atom is -0.484 e. The van der Waals surface area contributed by atoms with Crippen LogP contribution in [0.4, 0.5) is 8.78 Å². The topological polar surface area (TPSA) is 89.9 Å². The second-order valence-electron chi connectivity index (χ2n) is 8.29. The quantitative estimate of drug-likeness (QED) is 0.558. The van der Waals surface area contributed by atoms with Gasteiger partial charge in [-0.1, -0.05) is 32.5 Å². The molecule has 2 spiro atoms. The van der Waals surface area contributed by atoms with Crippen LogP contribution in [0, 0.1) is 23.5 Å². The Bertz CT molecular complexity index is 1170. The molecule has 1 aromatic carbocycles. The predicted molar refractivity (Wildman–Crippen MR) is 118 cm³/mol. The first-order valence-electron chi connectivity index (χ1n) is 10.5. The molecule has 1 amide bonds. The molecule has 0 bridgehead atoms. The average molecular weight is 459 g/mol. The number of hydrogen-bond donors (Lipinski definition) is 1. The first kappa shape index (κ1) is 22.8. The van der Waals surface area contributed by atoms with E-state index in [-0.39, 0.29) is 26.3 Å². The van der Waals surface area contributed by atoms with Gasteiger partial charge in [0.15, 0.2) is 23.1 Å². The molecule has 0 radical (unpaired) electrons. The molecule has 33 heavy (non-hydrogen) atoms. The van der Waals surface area contributed by atoms with E-state index in [1.165, 1.54) is 7.11 Å². The van der Waals surface area contributed by atoms with Crippen molar-refractivity contribution >= 4 is 17.7 Å². The number of para-hydroxylation sites is 1. The minimum absolute atomic E-state index is 0. The van der Waals surface area contributed by atoms with Crippen LogP contribution in [-0.4, -0.2) is 35.4 Å². The number of carbonyl (C=O) groups excluding carboxylic acids is 2. The minimum atomic E-state index is -1.48.